The Bertz CT molecular complexity index is 1010. The van der Waals surface area contributed by atoms with Crippen LogP contribution in [0, 0.1) is 11.3 Å². The van der Waals surface area contributed by atoms with Gasteiger partial charge in [-0.05, 0) is 24.3 Å². The first-order valence-corrected chi connectivity index (χ1v) is 8.05. The molecular formula is C20H18N4O3. The van der Waals surface area contributed by atoms with Gasteiger partial charge in [0.2, 0.25) is 5.75 Å². The van der Waals surface area contributed by atoms with Crippen molar-refractivity contribution >= 4 is 5.82 Å². The highest BCUT2D eigenvalue weighted by atomic mass is 16.5. The Hall–Kier alpha value is -3.79. The van der Waals surface area contributed by atoms with Crippen LogP contribution in [-0.4, -0.2) is 31.3 Å². The molecule has 0 spiro atoms. The van der Waals surface area contributed by atoms with E-state index in [0.717, 1.165) is 5.56 Å². The first-order chi connectivity index (χ1) is 13.1. The van der Waals surface area contributed by atoms with Crippen LogP contribution >= 0.6 is 0 Å². The minimum absolute atomic E-state index is 0.130. The van der Waals surface area contributed by atoms with E-state index >= 15 is 0 Å². The Morgan fingerprint density at radius 2 is 1.78 bits per heavy atom. The van der Waals surface area contributed by atoms with Gasteiger partial charge < -0.3 is 19.9 Å². The van der Waals surface area contributed by atoms with Crippen molar-refractivity contribution in [1.29, 1.82) is 5.26 Å². The lowest BCUT2D eigenvalue weighted by molar-refractivity contribution is 0.325. The van der Waals surface area contributed by atoms with Gasteiger partial charge in [-0.15, -0.1) is 0 Å². The second-order valence-electron chi connectivity index (χ2n) is 5.55. The number of nitrogens with two attached hydrogens (primary N) is 1. The lowest BCUT2D eigenvalue weighted by atomic mass is 9.99. The Morgan fingerprint density at radius 3 is 2.37 bits per heavy atom. The average molecular weight is 362 g/mol. The third-order valence-corrected chi connectivity index (χ3v) is 4.11. The van der Waals surface area contributed by atoms with Gasteiger partial charge >= 0.3 is 0 Å². The normalized spacial score (nSPS) is 10.1. The molecule has 2 N–H and O–H groups in total. The summed E-state index contributed by atoms with van der Waals surface area (Å²) in [6, 6.07) is 11.1. The highest BCUT2D eigenvalue weighted by Gasteiger charge is 2.20. The lowest BCUT2D eigenvalue weighted by Gasteiger charge is -2.16. The van der Waals surface area contributed by atoms with Gasteiger partial charge in [-0.1, -0.05) is 6.07 Å². The number of nitrogens with zero attached hydrogens (tertiary/aromatic N) is 3. The van der Waals surface area contributed by atoms with Crippen LogP contribution in [0.25, 0.3) is 22.4 Å². The topological polar surface area (TPSA) is 103 Å². The van der Waals surface area contributed by atoms with Crippen molar-refractivity contribution in [2.75, 3.05) is 27.1 Å². The summed E-state index contributed by atoms with van der Waals surface area (Å²) in [6.45, 7) is 0. The van der Waals surface area contributed by atoms with E-state index in [9.17, 15) is 5.26 Å². The summed E-state index contributed by atoms with van der Waals surface area (Å²) in [5.74, 6) is 1.58. The maximum atomic E-state index is 9.52. The Balaban J connectivity index is 2.28. The van der Waals surface area contributed by atoms with Gasteiger partial charge in [-0.3, -0.25) is 4.98 Å². The van der Waals surface area contributed by atoms with E-state index in [0.29, 0.717) is 39.6 Å². The third kappa shape index (κ3) is 3.20. The number of methoxy groups -OCH3 is 3. The molecule has 0 aliphatic rings. The van der Waals surface area contributed by atoms with Crippen LogP contribution < -0.4 is 19.9 Å². The summed E-state index contributed by atoms with van der Waals surface area (Å²) in [5.41, 5.74) is 8.99. The van der Waals surface area contributed by atoms with Crippen LogP contribution in [0.1, 0.15) is 5.56 Å². The smallest absolute Gasteiger partial charge is 0.203 e. The van der Waals surface area contributed by atoms with Crippen molar-refractivity contribution in [2.24, 2.45) is 0 Å². The number of hydrogen-bond acceptors (Lipinski definition) is 7. The zero-order chi connectivity index (χ0) is 19.4. The molecule has 136 valence electrons. The molecule has 0 radical (unpaired) electrons. The molecule has 0 saturated carbocycles. The van der Waals surface area contributed by atoms with Gasteiger partial charge in [0.15, 0.2) is 11.5 Å². The highest BCUT2D eigenvalue weighted by Crippen LogP contribution is 2.44. The number of benzene rings is 1. The van der Waals surface area contributed by atoms with E-state index in [-0.39, 0.29) is 5.82 Å². The number of anilines is 1. The summed E-state index contributed by atoms with van der Waals surface area (Å²) in [7, 11) is 4.62. The molecular weight excluding hydrogens is 344 g/mol. The maximum Gasteiger partial charge on any atom is 0.203 e. The first-order valence-electron chi connectivity index (χ1n) is 8.05. The predicted molar refractivity (Wildman–Crippen MR) is 102 cm³/mol. The van der Waals surface area contributed by atoms with Gasteiger partial charge in [-0.25, -0.2) is 4.98 Å². The average Bonchev–Trinajstić information content (AvgIpc) is 2.72. The van der Waals surface area contributed by atoms with Gasteiger partial charge in [0, 0.05) is 29.1 Å². The second-order valence-corrected chi connectivity index (χ2v) is 5.55. The van der Waals surface area contributed by atoms with Gasteiger partial charge in [0.25, 0.3) is 0 Å². The Morgan fingerprint density at radius 1 is 1.00 bits per heavy atom. The largest absolute Gasteiger partial charge is 0.493 e. The zero-order valence-electron chi connectivity index (χ0n) is 15.2. The quantitative estimate of drug-likeness (QED) is 0.743. The summed E-state index contributed by atoms with van der Waals surface area (Å²) >= 11 is 0. The molecule has 0 amide bonds. The number of pyridine rings is 2. The minimum atomic E-state index is 0.130. The fourth-order valence-corrected chi connectivity index (χ4v) is 2.87. The molecule has 0 aliphatic heterocycles. The molecule has 0 fully saturated rings. The second kappa shape index (κ2) is 7.62. The van der Waals surface area contributed by atoms with Crippen molar-refractivity contribution in [1.82, 2.24) is 9.97 Å². The van der Waals surface area contributed by atoms with Crippen molar-refractivity contribution in [2.45, 2.75) is 0 Å². The predicted octanol–water partition coefficient (Wildman–Crippen LogP) is 3.29. The van der Waals surface area contributed by atoms with E-state index in [1.807, 2.05) is 6.07 Å². The molecule has 0 bridgehead atoms. The van der Waals surface area contributed by atoms with Gasteiger partial charge in [-0.2, -0.15) is 5.26 Å². The van der Waals surface area contributed by atoms with Crippen LogP contribution in [0.15, 0.2) is 42.7 Å². The SMILES string of the molecule is COc1ccc(-c2cc(-c3cccnc3)c(C#N)c(N)n2)c(OC)c1OC. The molecule has 0 atom stereocenters. The summed E-state index contributed by atoms with van der Waals surface area (Å²) in [6.07, 6.45) is 3.34. The fourth-order valence-electron chi connectivity index (χ4n) is 2.87. The van der Waals surface area contributed by atoms with Gasteiger partial charge in [0.05, 0.1) is 27.0 Å². The van der Waals surface area contributed by atoms with E-state index < -0.39 is 0 Å². The van der Waals surface area contributed by atoms with E-state index in [4.69, 9.17) is 19.9 Å². The standard InChI is InChI=1S/C20H18N4O3/c1-25-17-7-6-13(18(26-2)19(17)27-3)16-9-14(12-5-4-8-23-11-12)15(10-21)20(22)24-16/h4-9,11H,1-3H3,(H2,22,24). The van der Waals surface area contributed by atoms with Crippen molar-refractivity contribution in [3.63, 3.8) is 0 Å². The molecule has 0 aliphatic carbocycles. The molecule has 7 nitrogen and oxygen atoms in total. The van der Waals surface area contributed by atoms with E-state index in [2.05, 4.69) is 16.0 Å². The number of nitriles is 1. The minimum Gasteiger partial charge on any atom is -0.493 e. The van der Waals surface area contributed by atoms with Crippen molar-refractivity contribution in [3.05, 3.63) is 48.3 Å². The molecule has 2 aromatic heterocycles. The van der Waals surface area contributed by atoms with Gasteiger partial charge in [0.1, 0.15) is 17.5 Å². The molecule has 0 saturated heterocycles. The molecule has 2 heterocycles. The number of rotatable bonds is 5. The summed E-state index contributed by atoms with van der Waals surface area (Å²) in [4.78, 5) is 8.52. The lowest BCUT2D eigenvalue weighted by Crippen LogP contribution is -2.02. The van der Waals surface area contributed by atoms with Crippen LogP contribution in [-0.2, 0) is 0 Å². The number of nitrogen functional groups attached to an aromatic ring is 1. The van der Waals surface area contributed by atoms with Crippen molar-refractivity contribution in [3.8, 4) is 45.7 Å². The zero-order valence-corrected chi connectivity index (χ0v) is 15.2. The third-order valence-electron chi connectivity index (χ3n) is 4.11. The summed E-state index contributed by atoms with van der Waals surface area (Å²) < 4.78 is 16.3. The molecule has 0 unspecified atom stereocenters. The monoisotopic (exact) mass is 362 g/mol. The maximum absolute atomic E-state index is 9.52. The van der Waals surface area contributed by atoms with Crippen molar-refractivity contribution < 1.29 is 14.2 Å². The van der Waals surface area contributed by atoms with E-state index in [1.54, 1.807) is 43.8 Å². The van der Waals surface area contributed by atoms with Crippen LogP contribution in [0.4, 0.5) is 5.82 Å². The number of ether oxygens (including phenoxy) is 3. The highest BCUT2D eigenvalue weighted by molar-refractivity contribution is 5.82. The molecule has 7 heteroatoms. The van der Waals surface area contributed by atoms with Crippen LogP contribution in [0.2, 0.25) is 0 Å². The van der Waals surface area contributed by atoms with E-state index in [1.165, 1.54) is 14.2 Å². The number of hydrogen-bond donors (Lipinski definition) is 1. The molecule has 1 aromatic carbocycles. The van der Waals surface area contributed by atoms with Crippen LogP contribution in [0.5, 0.6) is 17.2 Å². The summed E-state index contributed by atoms with van der Waals surface area (Å²) in [5, 5.41) is 9.52. The van der Waals surface area contributed by atoms with Crippen LogP contribution in [0.3, 0.4) is 0 Å². The Labute approximate surface area is 157 Å². The fraction of sp³-hybridized carbons (Fsp3) is 0.150. The Kier molecular flexibility index (Phi) is 5.08. The molecule has 3 rings (SSSR count). The molecule has 3 aromatic rings. The number of aromatic nitrogens is 2. The molecule has 27 heavy (non-hydrogen) atoms. The first kappa shape index (κ1) is 18.0.